The second-order valence-corrected chi connectivity index (χ2v) is 11.3. The van der Waals surface area contributed by atoms with Gasteiger partial charge in [-0.25, -0.2) is 0 Å². The van der Waals surface area contributed by atoms with Crippen molar-refractivity contribution in [1.29, 1.82) is 0 Å². The van der Waals surface area contributed by atoms with Crippen LogP contribution in [-0.2, 0) is 14.0 Å². The number of nitrogens with zero attached hydrogens (tertiary/aromatic N) is 2. The lowest BCUT2D eigenvalue weighted by molar-refractivity contribution is -0.146. The number of amides is 2. The Morgan fingerprint density at radius 1 is 1.21 bits per heavy atom. The van der Waals surface area contributed by atoms with Gasteiger partial charge in [-0.3, -0.25) is 19.4 Å². The molecule has 0 bridgehead atoms. The first-order chi connectivity index (χ1) is 11.4. The standard InChI is InChI=1S/C18H24N2O3Si/c1-5-11-24(3,4)23-12-14(13-9-7-6-8-10-13)20-17(21)15-16(18(20)22)19(15)2/h5-10,14-16H,1,11-12H2,2-4H3. The molecule has 1 aromatic rings. The summed E-state index contributed by atoms with van der Waals surface area (Å²) in [6, 6.07) is 9.60. The van der Waals surface area contributed by atoms with Crippen molar-refractivity contribution in [3.63, 3.8) is 0 Å². The predicted molar refractivity (Wildman–Crippen MR) is 94.8 cm³/mol. The van der Waals surface area contributed by atoms with Crippen LogP contribution < -0.4 is 0 Å². The van der Waals surface area contributed by atoms with Crippen LogP contribution in [0.2, 0.25) is 19.1 Å². The molecule has 2 aliphatic heterocycles. The fraction of sp³-hybridized carbons (Fsp3) is 0.444. The highest BCUT2D eigenvalue weighted by atomic mass is 28.4. The van der Waals surface area contributed by atoms with Crippen LogP contribution in [0.25, 0.3) is 0 Å². The van der Waals surface area contributed by atoms with Crippen LogP contribution in [0.15, 0.2) is 43.0 Å². The highest BCUT2D eigenvalue weighted by molar-refractivity contribution is 6.71. The molecule has 2 fully saturated rings. The van der Waals surface area contributed by atoms with Gasteiger partial charge in [-0.2, -0.15) is 0 Å². The van der Waals surface area contributed by atoms with Crippen molar-refractivity contribution >= 4 is 20.1 Å². The van der Waals surface area contributed by atoms with Crippen molar-refractivity contribution in [2.75, 3.05) is 13.7 Å². The third kappa shape index (κ3) is 2.97. The number of rotatable bonds is 7. The van der Waals surface area contributed by atoms with Crippen LogP contribution in [0.1, 0.15) is 11.6 Å². The van der Waals surface area contributed by atoms with Crippen molar-refractivity contribution < 1.29 is 14.0 Å². The smallest absolute Gasteiger partial charge is 0.249 e. The van der Waals surface area contributed by atoms with Crippen LogP contribution in [0, 0.1) is 0 Å². The molecule has 0 N–H and O–H groups in total. The van der Waals surface area contributed by atoms with Gasteiger partial charge in [0.25, 0.3) is 0 Å². The average molecular weight is 344 g/mol. The van der Waals surface area contributed by atoms with Crippen LogP contribution in [0.5, 0.6) is 0 Å². The van der Waals surface area contributed by atoms with Gasteiger partial charge in [0, 0.05) is 0 Å². The Bertz CT molecular complexity index is 639. The van der Waals surface area contributed by atoms with Crippen LogP contribution in [0.4, 0.5) is 0 Å². The van der Waals surface area contributed by atoms with Crippen LogP contribution in [-0.4, -0.2) is 55.7 Å². The van der Waals surface area contributed by atoms with Gasteiger partial charge in [0.15, 0.2) is 8.32 Å². The van der Waals surface area contributed by atoms with Crippen molar-refractivity contribution in [1.82, 2.24) is 9.80 Å². The third-order valence-electron chi connectivity index (χ3n) is 4.83. The Morgan fingerprint density at radius 2 is 1.79 bits per heavy atom. The van der Waals surface area contributed by atoms with Gasteiger partial charge in [-0.05, 0) is 31.7 Å². The van der Waals surface area contributed by atoms with Gasteiger partial charge in [-0.1, -0.05) is 36.4 Å². The molecular formula is C18H24N2O3Si. The number of likely N-dealkylation sites (N-methyl/N-ethyl adjacent to an activating group) is 1. The molecule has 1 aromatic carbocycles. The summed E-state index contributed by atoms with van der Waals surface area (Å²) in [6.45, 7) is 8.37. The van der Waals surface area contributed by atoms with E-state index in [1.807, 2.05) is 48.4 Å². The lowest BCUT2D eigenvalue weighted by Gasteiger charge is -2.32. The van der Waals surface area contributed by atoms with Gasteiger partial charge < -0.3 is 4.43 Å². The minimum absolute atomic E-state index is 0.104. The number of piperazine rings is 1. The molecule has 5 nitrogen and oxygen atoms in total. The van der Waals surface area contributed by atoms with Gasteiger partial charge in [-0.15, -0.1) is 6.58 Å². The minimum atomic E-state index is -1.89. The first-order valence-electron chi connectivity index (χ1n) is 8.26. The highest BCUT2D eigenvalue weighted by Gasteiger charge is 2.65. The number of carbonyl (C=O) groups excluding carboxylic acids is 2. The number of hydrogen-bond donors (Lipinski definition) is 0. The number of allylic oxidation sites excluding steroid dienone is 1. The molecule has 0 aliphatic carbocycles. The Morgan fingerprint density at radius 3 is 2.33 bits per heavy atom. The minimum Gasteiger partial charge on any atom is -0.415 e. The SMILES string of the molecule is C=CC[Si](C)(C)OCC(c1ccccc1)N1C(=O)C2C(C1=O)N2C. The normalized spacial score (nSPS) is 27.1. The largest absolute Gasteiger partial charge is 0.415 e. The molecule has 128 valence electrons. The van der Waals surface area contributed by atoms with E-state index in [2.05, 4.69) is 19.7 Å². The van der Waals surface area contributed by atoms with Crippen LogP contribution in [0.3, 0.4) is 0 Å². The lowest BCUT2D eigenvalue weighted by Crippen LogP contribution is -2.44. The fourth-order valence-electron chi connectivity index (χ4n) is 3.36. The number of likely N-dealkylation sites (tertiary alicyclic amines) is 1. The molecular weight excluding hydrogens is 320 g/mol. The van der Waals surface area contributed by atoms with Gasteiger partial charge in [0.2, 0.25) is 11.8 Å². The van der Waals surface area contributed by atoms with E-state index in [1.54, 1.807) is 0 Å². The molecule has 24 heavy (non-hydrogen) atoms. The number of fused-ring (bicyclic) bond motifs is 1. The summed E-state index contributed by atoms with van der Waals surface area (Å²) in [6.07, 6.45) is 1.88. The van der Waals surface area contributed by atoms with E-state index in [1.165, 1.54) is 4.90 Å². The fourth-order valence-corrected chi connectivity index (χ4v) is 4.79. The van der Waals surface area contributed by atoms with E-state index in [9.17, 15) is 9.59 Å². The Hall–Kier alpha value is -1.76. The topological polar surface area (TPSA) is 49.6 Å². The average Bonchev–Trinajstić information content (AvgIpc) is 3.14. The first kappa shape index (κ1) is 17.1. The van der Waals surface area contributed by atoms with E-state index < -0.39 is 8.32 Å². The van der Waals surface area contributed by atoms with Crippen molar-refractivity contribution in [3.05, 3.63) is 48.6 Å². The molecule has 0 aromatic heterocycles. The summed E-state index contributed by atoms with van der Waals surface area (Å²) >= 11 is 0. The molecule has 2 heterocycles. The summed E-state index contributed by atoms with van der Waals surface area (Å²) in [4.78, 5) is 28.5. The number of benzene rings is 1. The Labute approximate surface area is 144 Å². The summed E-state index contributed by atoms with van der Waals surface area (Å²) in [5, 5.41) is 0. The third-order valence-corrected chi connectivity index (χ3v) is 7.05. The summed E-state index contributed by atoms with van der Waals surface area (Å²) < 4.78 is 6.18. The van der Waals surface area contributed by atoms with Gasteiger partial charge in [0.1, 0.15) is 12.1 Å². The summed E-state index contributed by atoms with van der Waals surface area (Å²) in [5.74, 6) is -0.207. The van der Waals surface area contributed by atoms with E-state index in [4.69, 9.17) is 4.43 Å². The molecule has 3 unspecified atom stereocenters. The van der Waals surface area contributed by atoms with Crippen molar-refractivity contribution in [2.45, 2.75) is 37.3 Å². The quantitative estimate of drug-likeness (QED) is 0.329. The number of carbonyl (C=O) groups is 2. The molecule has 0 saturated carbocycles. The second-order valence-electron chi connectivity index (χ2n) is 7.09. The zero-order valence-electron chi connectivity index (χ0n) is 14.4. The molecule has 3 atom stereocenters. The monoisotopic (exact) mass is 344 g/mol. The molecule has 2 aliphatic rings. The van der Waals surface area contributed by atoms with E-state index in [0.717, 1.165) is 11.6 Å². The highest BCUT2D eigenvalue weighted by Crippen LogP contribution is 2.40. The predicted octanol–water partition coefficient (Wildman–Crippen LogP) is 2.19. The zero-order chi connectivity index (χ0) is 17.5. The molecule has 6 heteroatoms. The molecule has 2 saturated heterocycles. The Balaban J connectivity index is 1.83. The molecule has 2 amide bonds. The van der Waals surface area contributed by atoms with E-state index in [-0.39, 0.29) is 29.9 Å². The van der Waals surface area contributed by atoms with Gasteiger partial charge in [0.05, 0.1) is 12.6 Å². The number of imide groups is 1. The summed E-state index contributed by atoms with van der Waals surface area (Å²) in [7, 11) is -0.0749. The lowest BCUT2D eigenvalue weighted by atomic mass is 10.1. The molecule has 0 spiro atoms. The van der Waals surface area contributed by atoms with Gasteiger partial charge >= 0.3 is 0 Å². The molecule has 3 rings (SSSR count). The number of hydrogen-bond acceptors (Lipinski definition) is 4. The molecule has 0 radical (unpaired) electrons. The maximum absolute atomic E-state index is 12.6. The maximum atomic E-state index is 12.6. The zero-order valence-corrected chi connectivity index (χ0v) is 15.4. The summed E-state index contributed by atoms with van der Waals surface area (Å²) in [5.41, 5.74) is 0.937. The maximum Gasteiger partial charge on any atom is 0.249 e. The van der Waals surface area contributed by atoms with Crippen molar-refractivity contribution in [2.24, 2.45) is 0 Å². The second kappa shape index (κ2) is 6.27. The van der Waals surface area contributed by atoms with Crippen molar-refractivity contribution in [3.8, 4) is 0 Å². The first-order valence-corrected chi connectivity index (χ1v) is 11.4. The van der Waals surface area contributed by atoms with Crippen LogP contribution >= 0.6 is 0 Å². The Kier molecular flexibility index (Phi) is 4.46. The van der Waals surface area contributed by atoms with E-state index >= 15 is 0 Å². The van der Waals surface area contributed by atoms with E-state index in [0.29, 0.717) is 6.61 Å².